The highest BCUT2D eigenvalue weighted by atomic mass is 35.5. The summed E-state index contributed by atoms with van der Waals surface area (Å²) >= 11 is 6.01. The first-order valence-corrected chi connectivity index (χ1v) is 6.14. The van der Waals surface area contributed by atoms with Crippen LogP contribution in [0.2, 0.25) is 5.15 Å². The molecule has 1 aliphatic carbocycles. The average Bonchev–Trinajstić information content (AvgIpc) is 2.72. The SMILES string of the molecule is O=c1[nH]c(Cl)c(C2CCc3ccccc32)c(=O)[nH]1. The zero-order valence-corrected chi connectivity index (χ0v) is 10.3. The Kier molecular flexibility index (Phi) is 2.59. The summed E-state index contributed by atoms with van der Waals surface area (Å²) in [4.78, 5) is 27.7. The van der Waals surface area contributed by atoms with E-state index >= 15 is 0 Å². The molecule has 1 aromatic heterocycles. The predicted molar refractivity (Wildman–Crippen MR) is 69.3 cm³/mol. The number of H-pyrrole nitrogens is 2. The second-order valence-electron chi connectivity index (χ2n) is 4.43. The van der Waals surface area contributed by atoms with Gasteiger partial charge in [-0.2, -0.15) is 0 Å². The number of rotatable bonds is 1. The van der Waals surface area contributed by atoms with Crippen molar-refractivity contribution in [2.45, 2.75) is 18.8 Å². The van der Waals surface area contributed by atoms with Crippen molar-refractivity contribution in [1.29, 1.82) is 0 Å². The molecule has 4 nitrogen and oxygen atoms in total. The summed E-state index contributed by atoms with van der Waals surface area (Å²) in [6.07, 6.45) is 1.77. The van der Waals surface area contributed by atoms with Gasteiger partial charge in [0.2, 0.25) is 0 Å². The molecule has 0 spiro atoms. The fourth-order valence-electron chi connectivity index (χ4n) is 2.64. The summed E-state index contributed by atoms with van der Waals surface area (Å²) in [6, 6.07) is 8.00. The molecule has 1 aromatic carbocycles. The van der Waals surface area contributed by atoms with Crippen LogP contribution < -0.4 is 11.2 Å². The van der Waals surface area contributed by atoms with Gasteiger partial charge < -0.3 is 0 Å². The molecule has 1 heterocycles. The van der Waals surface area contributed by atoms with E-state index in [1.165, 1.54) is 5.56 Å². The van der Waals surface area contributed by atoms with Gasteiger partial charge in [-0.25, -0.2) is 4.79 Å². The maximum absolute atomic E-state index is 11.9. The topological polar surface area (TPSA) is 65.7 Å². The van der Waals surface area contributed by atoms with Crippen LogP contribution in [-0.2, 0) is 6.42 Å². The molecule has 2 N–H and O–H groups in total. The third-order valence-electron chi connectivity index (χ3n) is 3.41. The quantitative estimate of drug-likeness (QED) is 0.770. The Morgan fingerprint density at radius 2 is 1.94 bits per heavy atom. The van der Waals surface area contributed by atoms with Gasteiger partial charge in [0.25, 0.3) is 5.56 Å². The molecule has 0 bridgehead atoms. The molecule has 1 unspecified atom stereocenters. The molecule has 3 rings (SSSR count). The molecule has 18 heavy (non-hydrogen) atoms. The number of aryl methyl sites for hydroxylation is 1. The molecule has 0 saturated heterocycles. The molecular weight excluding hydrogens is 252 g/mol. The largest absolute Gasteiger partial charge is 0.326 e. The summed E-state index contributed by atoms with van der Waals surface area (Å²) in [7, 11) is 0. The van der Waals surface area contributed by atoms with E-state index in [2.05, 4.69) is 16.0 Å². The normalized spacial score (nSPS) is 17.7. The first-order chi connectivity index (χ1) is 8.66. The van der Waals surface area contributed by atoms with E-state index in [0.29, 0.717) is 5.56 Å². The molecule has 1 atom stereocenters. The number of fused-ring (bicyclic) bond motifs is 1. The second kappa shape index (κ2) is 4.14. The van der Waals surface area contributed by atoms with Crippen LogP contribution in [0, 0.1) is 0 Å². The molecule has 0 saturated carbocycles. The van der Waals surface area contributed by atoms with Crippen molar-refractivity contribution in [2.24, 2.45) is 0 Å². The second-order valence-corrected chi connectivity index (χ2v) is 4.80. The molecule has 2 aromatic rings. The van der Waals surface area contributed by atoms with Crippen LogP contribution in [0.25, 0.3) is 0 Å². The van der Waals surface area contributed by atoms with E-state index < -0.39 is 11.2 Å². The lowest BCUT2D eigenvalue weighted by atomic mass is 9.95. The van der Waals surface area contributed by atoms with Crippen LogP contribution in [0.5, 0.6) is 0 Å². The van der Waals surface area contributed by atoms with E-state index in [1.807, 2.05) is 18.2 Å². The molecule has 92 valence electrons. The number of nitrogens with one attached hydrogen (secondary N) is 2. The Bertz CT molecular complexity index is 717. The predicted octanol–water partition coefficient (Wildman–Crippen LogP) is 1.79. The number of hydrogen-bond donors (Lipinski definition) is 2. The molecule has 0 amide bonds. The molecule has 1 aliphatic rings. The lowest BCUT2D eigenvalue weighted by molar-refractivity contribution is 0.764. The van der Waals surface area contributed by atoms with Crippen LogP contribution in [0.1, 0.15) is 29.0 Å². The van der Waals surface area contributed by atoms with Gasteiger partial charge in [0.05, 0.1) is 5.56 Å². The van der Waals surface area contributed by atoms with Gasteiger partial charge in [-0.1, -0.05) is 35.9 Å². The zero-order valence-electron chi connectivity index (χ0n) is 9.50. The van der Waals surface area contributed by atoms with Gasteiger partial charge in [-0.05, 0) is 24.0 Å². The standard InChI is InChI=1S/C13H11ClN2O2/c14-11-10(12(17)16-13(18)15-11)9-6-5-7-3-1-2-4-8(7)9/h1-4,9H,5-6H2,(H2,15,16,17,18). The Morgan fingerprint density at radius 1 is 1.17 bits per heavy atom. The Balaban J connectivity index is 2.19. The zero-order chi connectivity index (χ0) is 12.7. The minimum Gasteiger partial charge on any atom is -0.297 e. The van der Waals surface area contributed by atoms with E-state index in [4.69, 9.17) is 11.6 Å². The smallest absolute Gasteiger partial charge is 0.297 e. The highest BCUT2D eigenvalue weighted by Crippen LogP contribution is 2.38. The van der Waals surface area contributed by atoms with E-state index in [9.17, 15) is 9.59 Å². The first-order valence-electron chi connectivity index (χ1n) is 5.76. The highest BCUT2D eigenvalue weighted by Gasteiger charge is 2.27. The number of aromatic amines is 2. The van der Waals surface area contributed by atoms with Crippen LogP contribution in [0.4, 0.5) is 0 Å². The highest BCUT2D eigenvalue weighted by molar-refractivity contribution is 6.30. The lowest BCUT2D eigenvalue weighted by Crippen LogP contribution is -2.27. The van der Waals surface area contributed by atoms with Crippen molar-refractivity contribution in [2.75, 3.05) is 0 Å². The van der Waals surface area contributed by atoms with Gasteiger partial charge in [-0.3, -0.25) is 14.8 Å². The minimum absolute atomic E-state index is 0.0331. The number of hydrogen-bond acceptors (Lipinski definition) is 2. The van der Waals surface area contributed by atoms with Crippen molar-refractivity contribution in [3.63, 3.8) is 0 Å². The fraction of sp³-hybridized carbons (Fsp3) is 0.231. The summed E-state index contributed by atoms with van der Waals surface area (Å²) in [6.45, 7) is 0. The van der Waals surface area contributed by atoms with Gasteiger partial charge in [-0.15, -0.1) is 0 Å². The van der Waals surface area contributed by atoms with Crippen molar-refractivity contribution in [3.8, 4) is 0 Å². The maximum Gasteiger partial charge on any atom is 0.326 e. The van der Waals surface area contributed by atoms with Gasteiger partial charge in [0.15, 0.2) is 0 Å². The average molecular weight is 263 g/mol. The molecule has 0 radical (unpaired) electrons. The number of benzene rings is 1. The molecule has 0 fully saturated rings. The first kappa shape index (κ1) is 11.3. The fourth-order valence-corrected chi connectivity index (χ4v) is 2.94. The Labute approximate surface area is 108 Å². The van der Waals surface area contributed by atoms with Crippen LogP contribution in [0.15, 0.2) is 33.9 Å². The summed E-state index contributed by atoms with van der Waals surface area (Å²) in [5, 5.41) is 0.144. The molecular formula is C13H11ClN2O2. The molecule has 5 heteroatoms. The van der Waals surface area contributed by atoms with Gasteiger partial charge in [0.1, 0.15) is 5.15 Å². The Hall–Kier alpha value is -1.81. The number of aromatic nitrogens is 2. The van der Waals surface area contributed by atoms with Crippen molar-refractivity contribution < 1.29 is 0 Å². The van der Waals surface area contributed by atoms with Gasteiger partial charge >= 0.3 is 5.69 Å². The summed E-state index contributed by atoms with van der Waals surface area (Å²) in [5.74, 6) is -0.0331. The van der Waals surface area contributed by atoms with Crippen molar-refractivity contribution >= 4 is 11.6 Å². The van der Waals surface area contributed by atoms with Gasteiger partial charge in [0, 0.05) is 5.92 Å². The Morgan fingerprint density at radius 3 is 2.72 bits per heavy atom. The molecule has 0 aliphatic heterocycles. The van der Waals surface area contributed by atoms with Crippen LogP contribution >= 0.6 is 11.6 Å². The van der Waals surface area contributed by atoms with E-state index in [-0.39, 0.29) is 11.1 Å². The van der Waals surface area contributed by atoms with Crippen LogP contribution in [0.3, 0.4) is 0 Å². The minimum atomic E-state index is -0.569. The third kappa shape index (κ3) is 1.69. The van der Waals surface area contributed by atoms with Crippen molar-refractivity contribution in [3.05, 3.63) is 66.9 Å². The monoisotopic (exact) mass is 262 g/mol. The van der Waals surface area contributed by atoms with Crippen molar-refractivity contribution in [1.82, 2.24) is 9.97 Å². The van der Waals surface area contributed by atoms with E-state index in [1.54, 1.807) is 0 Å². The summed E-state index contributed by atoms with van der Waals surface area (Å²) in [5.41, 5.74) is 1.85. The van der Waals surface area contributed by atoms with E-state index in [0.717, 1.165) is 18.4 Å². The van der Waals surface area contributed by atoms with Crippen LogP contribution in [-0.4, -0.2) is 9.97 Å². The summed E-state index contributed by atoms with van der Waals surface area (Å²) < 4.78 is 0. The number of halogens is 1. The maximum atomic E-state index is 11.9. The third-order valence-corrected chi connectivity index (χ3v) is 3.71. The lowest BCUT2D eigenvalue weighted by Gasteiger charge is -2.11.